The highest BCUT2D eigenvalue weighted by Crippen LogP contribution is 2.43. The van der Waals surface area contributed by atoms with E-state index in [0.717, 1.165) is 49.2 Å². The molecule has 3 aliphatic rings. The van der Waals surface area contributed by atoms with E-state index in [9.17, 15) is 19.2 Å². The van der Waals surface area contributed by atoms with Gasteiger partial charge >= 0.3 is 17.8 Å². The number of hydrogen-bond donors (Lipinski definition) is 0. The highest BCUT2D eigenvalue weighted by molar-refractivity contribution is 6.01. The van der Waals surface area contributed by atoms with E-state index in [4.69, 9.17) is 9.47 Å². The Morgan fingerprint density at radius 3 is 2.28 bits per heavy atom. The first-order valence-electron chi connectivity index (χ1n) is 12.2. The minimum atomic E-state index is -1.90. The second kappa shape index (κ2) is 9.70. The summed E-state index contributed by atoms with van der Waals surface area (Å²) in [5.41, 5.74) is 2.47. The fraction of sp³-hybridized carbons (Fsp3) is 0.357. The maximum Gasteiger partial charge on any atom is 0.375 e. The zero-order valence-corrected chi connectivity index (χ0v) is 20.1. The largest absolute Gasteiger partial charge is 0.396 e. The number of carbonyl (C=O) groups excluding carboxylic acids is 4. The van der Waals surface area contributed by atoms with Crippen molar-refractivity contribution >= 4 is 23.6 Å². The number of benzene rings is 2. The maximum atomic E-state index is 13.3. The van der Waals surface area contributed by atoms with Gasteiger partial charge in [-0.25, -0.2) is 9.59 Å². The van der Waals surface area contributed by atoms with Crippen LogP contribution in [0.15, 0.2) is 60.7 Å². The third-order valence-electron chi connectivity index (χ3n) is 7.18. The Morgan fingerprint density at radius 2 is 1.58 bits per heavy atom. The van der Waals surface area contributed by atoms with Crippen LogP contribution in [0, 0.1) is 12.8 Å². The third kappa shape index (κ3) is 4.44. The lowest BCUT2D eigenvalue weighted by atomic mass is 9.95. The standard InChI is InChI=1S/C28H28N2O6/c1-19-6-2-3-7-21(19)24(31)14-17-29-15-12-20(13-16-29)18-30-27(34)22-8-4-5-9-23(22)28(30)35-25(32)10-11-26(33)36-28/h2-11,20H,12-18H2,1H3. The molecule has 0 aliphatic carbocycles. The van der Waals surface area contributed by atoms with Crippen LogP contribution >= 0.6 is 0 Å². The van der Waals surface area contributed by atoms with Crippen molar-refractivity contribution < 1.29 is 28.7 Å². The van der Waals surface area contributed by atoms with Crippen molar-refractivity contribution in [2.75, 3.05) is 26.2 Å². The fourth-order valence-corrected chi connectivity index (χ4v) is 5.22. The lowest BCUT2D eigenvalue weighted by Gasteiger charge is -2.39. The minimum absolute atomic E-state index is 0.122. The van der Waals surface area contributed by atoms with Crippen molar-refractivity contribution in [2.24, 2.45) is 5.92 Å². The van der Waals surface area contributed by atoms with E-state index in [1.54, 1.807) is 24.3 Å². The molecule has 0 saturated carbocycles. The van der Waals surface area contributed by atoms with Gasteiger partial charge in [0.1, 0.15) is 0 Å². The molecular weight excluding hydrogens is 460 g/mol. The number of amides is 1. The van der Waals surface area contributed by atoms with E-state index in [1.165, 1.54) is 4.90 Å². The molecule has 2 aromatic carbocycles. The first-order chi connectivity index (χ1) is 17.4. The van der Waals surface area contributed by atoms with Gasteiger partial charge in [0.25, 0.3) is 5.91 Å². The second-order valence-corrected chi connectivity index (χ2v) is 9.49. The number of rotatable bonds is 6. The summed E-state index contributed by atoms with van der Waals surface area (Å²) in [6.07, 6.45) is 4.08. The predicted molar refractivity (Wildman–Crippen MR) is 130 cm³/mol. The Bertz CT molecular complexity index is 1220. The highest BCUT2D eigenvalue weighted by atomic mass is 16.8. The molecule has 0 radical (unpaired) electrons. The van der Waals surface area contributed by atoms with E-state index in [1.807, 2.05) is 31.2 Å². The molecule has 1 amide bonds. The average Bonchev–Trinajstić information content (AvgIpc) is 2.99. The molecule has 1 spiro atoms. The summed E-state index contributed by atoms with van der Waals surface area (Å²) < 4.78 is 11.2. The number of aryl methyl sites for hydroxylation is 1. The van der Waals surface area contributed by atoms with Crippen molar-refractivity contribution in [3.8, 4) is 0 Å². The first-order valence-corrected chi connectivity index (χ1v) is 12.2. The topological polar surface area (TPSA) is 93.2 Å². The summed E-state index contributed by atoms with van der Waals surface area (Å²) in [7, 11) is 0. The summed E-state index contributed by atoms with van der Waals surface area (Å²) in [5, 5.41) is 0. The van der Waals surface area contributed by atoms with Gasteiger partial charge in [-0.15, -0.1) is 0 Å². The summed E-state index contributed by atoms with van der Waals surface area (Å²) in [6.45, 7) is 4.48. The van der Waals surface area contributed by atoms with Gasteiger partial charge in [0.05, 0.1) is 11.1 Å². The van der Waals surface area contributed by atoms with E-state index in [0.29, 0.717) is 24.1 Å². The van der Waals surface area contributed by atoms with Crippen LogP contribution in [0.1, 0.15) is 51.1 Å². The molecule has 36 heavy (non-hydrogen) atoms. The number of piperidine rings is 1. The molecule has 8 heteroatoms. The van der Waals surface area contributed by atoms with Gasteiger partial charge in [-0.1, -0.05) is 36.4 Å². The van der Waals surface area contributed by atoms with Crippen LogP contribution in [0.25, 0.3) is 0 Å². The Labute approximate surface area is 209 Å². The summed E-state index contributed by atoms with van der Waals surface area (Å²) >= 11 is 0. The maximum absolute atomic E-state index is 13.3. The zero-order valence-electron chi connectivity index (χ0n) is 20.1. The van der Waals surface area contributed by atoms with Gasteiger partial charge < -0.3 is 14.4 Å². The molecule has 5 rings (SSSR count). The molecule has 0 aromatic heterocycles. The van der Waals surface area contributed by atoms with Crippen molar-refractivity contribution in [3.05, 3.63) is 82.9 Å². The number of nitrogens with zero attached hydrogens (tertiary/aromatic N) is 2. The molecule has 0 atom stereocenters. The number of hydrogen-bond acceptors (Lipinski definition) is 7. The van der Waals surface area contributed by atoms with Gasteiger partial charge in [0.2, 0.25) is 0 Å². The first kappa shape index (κ1) is 23.9. The molecule has 186 valence electrons. The van der Waals surface area contributed by atoms with Crippen molar-refractivity contribution in [1.29, 1.82) is 0 Å². The molecular formula is C28H28N2O6. The van der Waals surface area contributed by atoms with E-state index in [2.05, 4.69) is 4.90 Å². The van der Waals surface area contributed by atoms with Crippen molar-refractivity contribution in [1.82, 2.24) is 9.80 Å². The Hall–Kier alpha value is -3.78. The van der Waals surface area contributed by atoms with Crippen LogP contribution in [-0.2, 0) is 25.0 Å². The molecule has 0 bridgehead atoms. The fourth-order valence-electron chi connectivity index (χ4n) is 5.22. The average molecular weight is 489 g/mol. The minimum Gasteiger partial charge on any atom is -0.396 e. The van der Waals surface area contributed by atoms with Gasteiger partial charge in [0.15, 0.2) is 5.78 Å². The van der Waals surface area contributed by atoms with Gasteiger partial charge in [-0.05, 0) is 56.5 Å². The molecule has 0 unspecified atom stereocenters. The number of esters is 2. The molecule has 0 N–H and O–H groups in total. The van der Waals surface area contributed by atoms with Crippen LogP contribution in [0.3, 0.4) is 0 Å². The van der Waals surface area contributed by atoms with E-state index in [-0.39, 0.29) is 24.2 Å². The monoisotopic (exact) mass is 488 g/mol. The highest BCUT2D eigenvalue weighted by Gasteiger charge is 2.57. The molecule has 3 heterocycles. The number of Topliss-reactive ketones (excluding diaryl/α,β-unsaturated/α-hetero) is 1. The molecule has 1 fully saturated rings. The summed E-state index contributed by atoms with van der Waals surface area (Å²) in [5.74, 6) is -3.46. The Balaban J connectivity index is 1.25. The lowest BCUT2D eigenvalue weighted by Crippen LogP contribution is -2.52. The van der Waals surface area contributed by atoms with Crippen molar-refractivity contribution in [2.45, 2.75) is 32.1 Å². The number of ketones is 1. The van der Waals surface area contributed by atoms with Crippen molar-refractivity contribution in [3.63, 3.8) is 0 Å². The van der Waals surface area contributed by atoms with E-state index >= 15 is 0 Å². The SMILES string of the molecule is Cc1ccccc1C(=O)CCN1CCC(CN2C(=O)c3ccccc3C23OC(=O)C=CC(=O)O3)CC1. The lowest BCUT2D eigenvalue weighted by molar-refractivity contribution is -0.275. The normalized spacial score (nSPS) is 19.7. The number of ether oxygens (including phenoxy) is 2. The molecule has 3 aliphatic heterocycles. The van der Waals surface area contributed by atoms with Crippen LogP contribution in [-0.4, -0.2) is 59.6 Å². The Morgan fingerprint density at radius 1 is 0.944 bits per heavy atom. The Kier molecular flexibility index (Phi) is 6.45. The summed E-state index contributed by atoms with van der Waals surface area (Å²) in [6, 6.07) is 14.4. The number of likely N-dealkylation sites (tertiary alicyclic amines) is 1. The predicted octanol–water partition coefficient (Wildman–Crippen LogP) is 3.20. The van der Waals surface area contributed by atoms with Crippen LogP contribution in [0.4, 0.5) is 0 Å². The van der Waals surface area contributed by atoms with Crippen LogP contribution < -0.4 is 0 Å². The summed E-state index contributed by atoms with van der Waals surface area (Å²) in [4.78, 5) is 54.3. The smallest absolute Gasteiger partial charge is 0.375 e. The van der Waals surface area contributed by atoms with Gasteiger partial charge in [0, 0.05) is 37.2 Å². The third-order valence-corrected chi connectivity index (χ3v) is 7.18. The van der Waals surface area contributed by atoms with Crippen LogP contribution in [0.2, 0.25) is 0 Å². The number of carbonyl (C=O) groups is 4. The van der Waals surface area contributed by atoms with E-state index < -0.39 is 17.8 Å². The second-order valence-electron chi connectivity index (χ2n) is 9.49. The van der Waals surface area contributed by atoms with Gasteiger partial charge in [-0.2, -0.15) is 0 Å². The van der Waals surface area contributed by atoms with Gasteiger partial charge in [-0.3, -0.25) is 14.5 Å². The number of fused-ring (bicyclic) bond motifs is 2. The van der Waals surface area contributed by atoms with Crippen LogP contribution in [0.5, 0.6) is 0 Å². The quantitative estimate of drug-likeness (QED) is 0.455. The zero-order chi connectivity index (χ0) is 25.3. The molecule has 2 aromatic rings. The molecule has 8 nitrogen and oxygen atoms in total. The molecule has 1 saturated heterocycles.